The van der Waals surface area contributed by atoms with Crippen molar-refractivity contribution in [3.05, 3.63) is 33.9 Å². The van der Waals surface area contributed by atoms with Crippen molar-refractivity contribution in [2.24, 2.45) is 5.92 Å². The molecule has 2 atom stereocenters. The van der Waals surface area contributed by atoms with E-state index in [0.717, 1.165) is 41.7 Å². The minimum Gasteiger partial charge on any atom is -0.388 e. The van der Waals surface area contributed by atoms with Crippen molar-refractivity contribution >= 4 is 5.78 Å². The molecule has 0 saturated carbocycles. The van der Waals surface area contributed by atoms with Crippen molar-refractivity contribution in [3.8, 4) is 0 Å². The van der Waals surface area contributed by atoms with Crippen molar-refractivity contribution in [2.45, 2.75) is 130 Å². The standard InChI is InChI=1S/C30H50O3/c1-5-6-7-8-9-10-11-12-13-14-15-16-17-18-20-33-21-19-26-23(2)22-27-28(24(26)3)30(32)25(4)29(27)31/h22,25,29,31H,5-21H2,1-4H3/t25-,29-/m0/s1. The van der Waals surface area contributed by atoms with E-state index in [4.69, 9.17) is 4.74 Å². The first kappa shape index (κ1) is 28.1. The van der Waals surface area contributed by atoms with Gasteiger partial charge in [0.25, 0.3) is 0 Å². The maximum atomic E-state index is 12.5. The molecule has 0 aromatic heterocycles. The molecule has 0 bridgehead atoms. The van der Waals surface area contributed by atoms with Gasteiger partial charge in [0.2, 0.25) is 0 Å². The Balaban J connectivity index is 1.48. The molecule has 3 heteroatoms. The summed E-state index contributed by atoms with van der Waals surface area (Å²) in [5.41, 5.74) is 4.98. The van der Waals surface area contributed by atoms with Crippen LogP contribution in [0.5, 0.6) is 0 Å². The summed E-state index contributed by atoms with van der Waals surface area (Å²) in [5, 5.41) is 10.3. The van der Waals surface area contributed by atoms with Crippen molar-refractivity contribution in [1.82, 2.24) is 0 Å². The molecule has 0 radical (unpaired) electrons. The van der Waals surface area contributed by atoms with Gasteiger partial charge >= 0.3 is 0 Å². The highest BCUT2D eigenvalue weighted by atomic mass is 16.5. The number of ketones is 1. The Kier molecular flexibility index (Phi) is 13.3. The molecule has 1 aromatic rings. The van der Waals surface area contributed by atoms with Crippen LogP contribution in [0.25, 0.3) is 0 Å². The Morgan fingerprint density at radius 1 is 0.818 bits per heavy atom. The number of rotatable bonds is 18. The van der Waals surface area contributed by atoms with E-state index in [1.807, 2.05) is 19.9 Å². The lowest BCUT2D eigenvalue weighted by Crippen LogP contribution is -2.09. The van der Waals surface area contributed by atoms with Gasteiger partial charge in [0.15, 0.2) is 5.78 Å². The SMILES string of the molecule is CCCCCCCCCCCCCCCCOCCc1c(C)cc2c(c1C)C(=O)[C@@H](C)[C@@H]2O. The van der Waals surface area contributed by atoms with Gasteiger partial charge in [-0.25, -0.2) is 0 Å². The van der Waals surface area contributed by atoms with Crippen LogP contribution in [0, 0.1) is 19.8 Å². The van der Waals surface area contributed by atoms with Gasteiger partial charge in [0.05, 0.1) is 12.7 Å². The van der Waals surface area contributed by atoms with E-state index < -0.39 is 6.10 Å². The number of hydrogen-bond donors (Lipinski definition) is 1. The van der Waals surface area contributed by atoms with Crippen LogP contribution in [0.1, 0.15) is 142 Å². The number of ether oxygens (including phenoxy) is 1. The van der Waals surface area contributed by atoms with Crippen LogP contribution >= 0.6 is 0 Å². The second-order valence-corrected chi connectivity index (χ2v) is 10.3. The van der Waals surface area contributed by atoms with Crippen LogP contribution < -0.4 is 0 Å². The Bertz CT molecular complexity index is 709. The summed E-state index contributed by atoms with van der Waals surface area (Å²) in [5.74, 6) is -0.246. The third-order valence-corrected chi connectivity index (χ3v) is 7.56. The van der Waals surface area contributed by atoms with E-state index in [0.29, 0.717) is 6.61 Å². The molecule has 33 heavy (non-hydrogen) atoms. The number of carbonyl (C=O) groups is 1. The zero-order chi connectivity index (χ0) is 24.1. The first-order chi connectivity index (χ1) is 16.0. The molecule has 0 fully saturated rings. The smallest absolute Gasteiger partial charge is 0.169 e. The van der Waals surface area contributed by atoms with Crippen molar-refractivity contribution < 1.29 is 14.6 Å². The first-order valence-electron chi connectivity index (χ1n) is 13.9. The minimum atomic E-state index is -0.657. The van der Waals surface area contributed by atoms with E-state index in [1.165, 1.54) is 89.0 Å². The second-order valence-electron chi connectivity index (χ2n) is 10.3. The van der Waals surface area contributed by atoms with Crippen LogP contribution in [0.2, 0.25) is 0 Å². The number of benzene rings is 1. The summed E-state index contributed by atoms with van der Waals surface area (Å²) in [6.45, 7) is 9.74. The highest BCUT2D eigenvalue weighted by Gasteiger charge is 2.37. The lowest BCUT2D eigenvalue weighted by atomic mass is 9.92. The normalized spacial score (nSPS) is 17.7. The number of fused-ring (bicyclic) bond motifs is 1. The van der Waals surface area contributed by atoms with Gasteiger partial charge in [-0.05, 0) is 48.9 Å². The van der Waals surface area contributed by atoms with Gasteiger partial charge in [0.1, 0.15) is 0 Å². The molecule has 0 unspecified atom stereocenters. The topological polar surface area (TPSA) is 46.5 Å². The number of aliphatic hydroxyl groups excluding tert-OH is 1. The van der Waals surface area contributed by atoms with E-state index >= 15 is 0 Å². The molecule has 0 amide bonds. The number of aliphatic hydroxyl groups is 1. The van der Waals surface area contributed by atoms with Crippen LogP contribution in [-0.4, -0.2) is 24.1 Å². The average Bonchev–Trinajstić information content (AvgIpc) is 3.01. The fourth-order valence-electron chi connectivity index (χ4n) is 5.32. The van der Waals surface area contributed by atoms with Gasteiger partial charge in [-0.15, -0.1) is 0 Å². The summed E-state index contributed by atoms with van der Waals surface area (Å²) < 4.78 is 5.91. The molecule has 0 aliphatic heterocycles. The molecule has 0 saturated heterocycles. The molecule has 1 aliphatic carbocycles. The molecular weight excluding hydrogens is 408 g/mol. The number of hydrogen-bond acceptors (Lipinski definition) is 3. The van der Waals surface area contributed by atoms with Gasteiger partial charge < -0.3 is 9.84 Å². The van der Waals surface area contributed by atoms with E-state index in [-0.39, 0.29) is 11.7 Å². The van der Waals surface area contributed by atoms with Crippen LogP contribution in [-0.2, 0) is 11.2 Å². The lowest BCUT2D eigenvalue weighted by Gasteiger charge is -2.15. The number of carbonyl (C=O) groups excluding carboxylic acids is 1. The van der Waals surface area contributed by atoms with Gasteiger partial charge in [-0.1, -0.05) is 103 Å². The van der Waals surface area contributed by atoms with Gasteiger partial charge in [-0.2, -0.15) is 0 Å². The van der Waals surface area contributed by atoms with Gasteiger partial charge in [0, 0.05) is 18.1 Å². The molecule has 0 spiro atoms. The Labute approximate surface area is 203 Å². The van der Waals surface area contributed by atoms with E-state index in [2.05, 4.69) is 13.8 Å². The third-order valence-electron chi connectivity index (χ3n) is 7.56. The van der Waals surface area contributed by atoms with E-state index in [1.54, 1.807) is 0 Å². The summed E-state index contributed by atoms with van der Waals surface area (Å²) in [7, 11) is 0. The maximum absolute atomic E-state index is 12.5. The molecular formula is C30H50O3. The van der Waals surface area contributed by atoms with Crippen molar-refractivity contribution in [3.63, 3.8) is 0 Å². The van der Waals surface area contributed by atoms with Crippen molar-refractivity contribution in [2.75, 3.05) is 13.2 Å². The third kappa shape index (κ3) is 8.83. The summed E-state index contributed by atoms with van der Waals surface area (Å²) in [4.78, 5) is 12.5. The molecule has 1 aromatic carbocycles. The number of aryl methyl sites for hydroxylation is 1. The Morgan fingerprint density at radius 3 is 1.88 bits per heavy atom. The molecule has 1 N–H and O–H groups in total. The van der Waals surface area contributed by atoms with Crippen LogP contribution in [0.15, 0.2) is 6.07 Å². The average molecular weight is 459 g/mol. The maximum Gasteiger partial charge on any atom is 0.169 e. The van der Waals surface area contributed by atoms with Crippen LogP contribution in [0.4, 0.5) is 0 Å². The second kappa shape index (κ2) is 15.7. The monoisotopic (exact) mass is 458 g/mol. The van der Waals surface area contributed by atoms with Crippen molar-refractivity contribution in [1.29, 1.82) is 0 Å². The summed E-state index contributed by atoms with van der Waals surface area (Å²) in [6.07, 6.45) is 19.4. The molecule has 188 valence electrons. The first-order valence-corrected chi connectivity index (χ1v) is 13.9. The highest BCUT2D eigenvalue weighted by molar-refractivity contribution is 6.04. The largest absolute Gasteiger partial charge is 0.388 e. The summed E-state index contributed by atoms with van der Waals surface area (Å²) in [6, 6.07) is 2.01. The quantitative estimate of drug-likeness (QED) is 0.225. The zero-order valence-electron chi connectivity index (χ0n) is 22.0. The number of unbranched alkanes of at least 4 members (excludes halogenated alkanes) is 13. The molecule has 1 aliphatic rings. The minimum absolute atomic E-state index is 0.0829. The fourth-order valence-corrected chi connectivity index (χ4v) is 5.32. The Hall–Kier alpha value is -1.19. The number of Topliss-reactive ketones (excluding diaryl/α,β-unsaturated/α-hetero) is 1. The summed E-state index contributed by atoms with van der Waals surface area (Å²) >= 11 is 0. The molecule has 0 heterocycles. The predicted molar refractivity (Wildman–Crippen MR) is 139 cm³/mol. The Morgan fingerprint density at radius 2 is 1.33 bits per heavy atom. The lowest BCUT2D eigenvalue weighted by molar-refractivity contribution is 0.0790. The predicted octanol–water partition coefficient (Wildman–Crippen LogP) is 8.21. The zero-order valence-corrected chi connectivity index (χ0v) is 22.0. The van der Waals surface area contributed by atoms with Crippen LogP contribution in [0.3, 0.4) is 0 Å². The van der Waals surface area contributed by atoms with Gasteiger partial charge in [-0.3, -0.25) is 4.79 Å². The van der Waals surface area contributed by atoms with E-state index in [9.17, 15) is 9.90 Å². The molecule has 2 rings (SSSR count). The fraction of sp³-hybridized carbons (Fsp3) is 0.767. The molecule has 3 nitrogen and oxygen atoms in total. The highest BCUT2D eigenvalue weighted by Crippen LogP contribution is 2.39.